The lowest BCUT2D eigenvalue weighted by atomic mass is 9.72. The van der Waals surface area contributed by atoms with Gasteiger partial charge in [0.05, 0.1) is 6.61 Å². The topological polar surface area (TPSA) is 20.2 Å². The first-order valence-corrected chi connectivity index (χ1v) is 11.2. The van der Waals surface area contributed by atoms with E-state index in [-0.39, 0.29) is 12.0 Å². The van der Waals surface area contributed by atoms with Gasteiger partial charge >= 0.3 is 0 Å². The van der Waals surface area contributed by atoms with E-state index in [9.17, 15) is 0 Å². The maximum atomic E-state index is 8.97. The first-order valence-electron chi connectivity index (χ1n) is 11.2. The third kappa shape index (κ3) is 10.9. The Morgan fingerprint density at radius 3 is 2.03 bits per heavy atom. The molecule has 1 N–H and O–H groups in total. The molecule has 0 unspecified atom stereocenters. The second-order valence-corrected chi connectivity index (χ2v) is 9.13. The highest BCUT2D eigenvalue weighted by atomic mass is 16.3. The van der Waals surface area contributed by atoms with Gasteiger partial charge in [0.2, 0.25) is 0 Å². The Labute approximate surface area is 191 Å². The number of allylic oxidation sites excluding steroid dienone is 15. The van der Waals surface area contributed by atoms with E-state index in [1.165, 1.54) is 36.0 Å². The molecule has 31 heavy (non-hydrogen) atoms. The van der Waals surface area contributed by atoms with Gasteiger partial charge in [-0.05, 0) is 93.7 Å². The maximum Gasteiger partial charge on any atom is 0.0642 e. The average Bonchev–Trinajstić information content (AvgIpc) is 2.70. The van der Waals surface area contributed by atoms with Crippen LogP contribution in [0.3, 0.4) is 0 Å². The summed E-state index contributed by atoms with van der Waals surface area (Å²) in [6.07, 6.45) is 24.3. The fourth-order valence-corrected chi connectivity index (χ4v) is 3.46. The van der Waals surface area contributed by atoms with Crippen LogP contribution in [0.2, 0.25) is 0 Å². The number of hydrogen-bond acceptors (Lipinski definition) is 1. The van der Waals surface area contributed by atoms with Crippen molar-refractivity contribution in [3.63, 3.8) is 0 Å². The van der Waals surface area contributed by atoms with Crippen LogP contribution >= 0.6 is 0 Å². The number of aliphatic hydroxyl groups is 1. The van der Waals surface area contributed by atoms with Gasteiger partial charge in [-0.25, -0.2) is 0 Å². The van der Waals surface area contributed by atoms with Crippen molar-refractivity contribution in [2.75, 3.05) is 6.61 Å². The van der Waals surface area contributed by atoms with Crippen LogP contribution in [0.1, 0.15) is 67.7 Å². The smallest absolute Gasteiger partial charge is 0.0642 e. The highest BCUT2D eigenvalue weighted by molar-refractivity contribution is 5.38. The van der Waals surface area contributed by atoms with Crippen molar-refractivity contribution in [1.82, 2.24) is 0 Å². The van der Waals surface area contributed by atoms with E-state index in [4.69, 9.17) is 5.11 Å². The molecular formula is C30H40O. The van der Waals surface area contributed by atoms with Crippen LogP contribution in [-0.4, -0.2) is 11.7 Å². The van der Waals surface area contributed by atoms with Crippen LogP contribution in [-0.2, 0) is 0 Å². The normalized spacial score (nSPS) is 19.0. The molecule has 0 aromatic heterocycles. The summed E-state index contributed by atoms with van der Waals surface area (Å²) in [5.74, 6) is 6.14. The third-order valence-electron chi connectivity index (χ3n) is 5.45. The van der Waals surface area contributed by atoms with E-state index < -0.39 is 0 Å². The zero-order valence-corrected chi connectivity index (χ0v) is 20.5. The lowest BCUT2D eigenvalue weighted by Crippen LogP contribution is -2.19. The molecule has 1 heteroatoms. The van der Waals surface area contributed by atoms with Gasteiger partial charge in [0.1, 0.15) is 0 Å². The Morgan fingerprint density at radius 1 is 0.903 bits per heavy atom. The fourth-order valence-electron chi connectivity index (χ4n) is 3.46. The molecule has 0 amide bonds. The Morgan fingerprint density at radius 2 is 1.48 bits per heavy atom. The van der Waals surface area contributed by atoms with Crippen molar-refractivity contribution in [3.05, 3.63) is 94.2 Å². The molecule has 0 bridgehead atoms. The van der Waals surface area contributed by atoms with Gasteiger partial charge in [0.25, 0.3) is 0 Å². The molecule has 0 saturated heterocycles. The highest BCUT2D eigenvalue weighted by Gasteiger charge is 2.26. The molecule has 166 valence electrons. The van der Waals surface area contributed by atoms with Crippen LogP contribution in [0.5, 0.6) is 0 Å². The molecule has 0 aromatic carbocycles. The molecule has 1 aliphatic rings. The van der Waals surface area contributed by atoms with Crippen LogP contribution in [0.4, 0.5) is 0 Å². The Kier molecular flexibility index (Phi) is 11.7. The lowest BCUT2D eigenvalue weighted by molar-refractivity contribution is 0.331. The zero-order valence-electron chi connectivity index (χ0n) is 20.5. The molecule has 0 saturated carbocycles. The Balaban J connectivity index is 2.68. The summed E-state index contributed by atoms with van der Waals surface area (Å²) in [5.41, 5.74) is 7.69. The second kappa shape index (κ2) is 13.7. The molecule has 0 fully saturated rings. The van der Waals surface area contributed by atoms with Gasteiger partial charge in [-0.1, -0.05) is 85.4 Å². The summed E-state index contributed by atoms with van der Waals surface area (Å²) < 4.78 is 0. The van der Waals surface area contributed by atoms with Crippen molar-refractivity contribution in [1.29, 1.82) is 0 Å². The quantitative estimate of drug-likeness (QED) is 0.329. The van der Waals surface area contributed by atoms with Crippen molar-refractivity contribution in [2.45, 2.75) is 67.7 Å². The van der Waals surface area contributed by atoms with Crippen molar-refractivity contribution in [2.24, 2.45) is 5.41 Å². The number of rotatable bonds is 7. The summed E-state index contributed by atoms with van der Waals surface area (Å²) in [4.78, 5) is 0. The van der Waals surface area contributed by atoms with Gasteiger partial charge in [-0.15, -0.1) is 0 Å². The van der Waals surface area contributed by atoms with Crippen molar-refractivity contribution in [3.8, 4) is 11.8 Å². The van der Waals surface area contributed by atoms with Gasteiger partial charge < -0.3 is 5.11 Å². The first-order chi connectivity index (χ1) is 14.7. The predicted octanol–water partition coefficient (Wildman–Crippen LogP) is 7.96. The summed E-state index contributed by atoms with van der Waals surface area (Å²) in [5, 5.41) is 8.97. The highest BCUT2D eigenvalue weighted by Crippen LogP contribution is 2.40. The predicted molar refractivity (Wildman–Crippen MR) is 138 cm³/mol. The molecule has 0 aliphatic heterocycles. The largest absolute Gasteiger partial charge is 0.392 e. The minimum absolute atomic E-state index is 0.0887. The van der Waals surface area contributed by atoms with Crippen LogP contribution < -0.4 is 0 Å². The SMILES string of the molecule is CC1=C(/C=C/C(C)=C/C=C/C(C)=C/C#C/C=C(C)/C=C/C=C(\C)CO)C(C)(C)CCC1. The van der Waals surface area contributed by atoms with E-state index in [0.717, 1.165) is 16.7 Å². The lowest BCUT2D eigenvalue weighted by Gasteiger charge is -2.32. The summed E-state index contributed by atoms with van der Waals surface area (Å²) in [7, 11) is 0. The summed E-state index contributed by atoms with van der Waals surface area (Å²) >= 11 is 0. The van der Waals surface area contributed by atoms with E-state index in [2.05, 4.69) is 76.8 Å². The molecular weight excluding hydrogens is 376 g/mol. The number of hydrogen-bond donors (Lipinski definition) is 1. The maximum absolute atomic E-state index is 8.97. The van der Waals surface area contributed by atoms with E-state index in [0.29, 0.717) is 0 Å². The number of aliphatic hydroxyl groups excluding tert-OH is 1. The molecule has 1 rings (SSSR count). The Bertz CT molecular complexity index is 909. The molecule has 1 aliphatic carbocycles. The van der Waals surface area contributed by atoms with Crippen molar-refractivity contribution >= 4 is 0 Å². The molecule has 1 nitrogen and oxygen atoms in total. The molecule has 0 aromatic rings. The third-order valence-corrected chi connectivity index (χ3v) is 5.45. The van der Waals surface area contributed by atoms with E-state index >= 15 is 0 Å². The monoisotopic (exact) mass is 416 g/mol. The van der Waals surface area contributed by atoms with E-state index in [1.807, 2.05) is 44.2 Å². The van der Waals surface area contributed by atoms with Crippen LogP contribution in [0.15, 0.2) is 94.2 Å². The van der Waals surface area contributed by atoms with Gasteiger partial charge in [-0.2, -0.15) is 0 Å². The molecule has 0 radical (unpaired) electrons. The second-order valence-electron chi connectivity index (χ2n) is 9.13. The Hall–Kier alpha value is -2.56. The van der Waals surface area contributed by atoms with E-state index in [1.54, 1.807) is 0 Å². The van der Waals surface area contributed by atoms with Gasteiger partial charge in [0.15, 0.2) is 0 Å². The molecule has 0 heterocycles. The zero-order chi connectivity index (χ0) is 23.3. The summed E-state index contributed by atoms with van der Waals surface area (Å²) in [6.45, 7) is 15.2. The first kappa shape index (κ1) is 26.5. The molecule has 0 atom stereocenters. The minimum Gasteiger partial charge on any atom is -0.392 e. The van der Waals surface area contributed by atoms with Crippen molar-refractivity contribution < 1.29 is 5.11 Å². The average molecular weight is 417 g/mol. The minimum atomic E-state index is 0.0887. The van der Waals surface area contributed by atoms with Gasteiger partial charge in [-0.3, -0.25) is 0 Å². The fraction of sp³-hybridized carbons (Fsp3) is 0.400. The van der Waals surface area contributed by atoms with Crippen LogP contribution in [0, 0.1) is 17.3 Å². The molecule has 0 spiro atoms. The standard InChI is InChI=1S/C30H40O/c1-24(13-8-9-14-25(2)16-11-18-27(4)23-31)15-10-17-26(3)20-21-29-28(5)19-12-22-30(29,6)7/h10-11,13-18,20-21,31H,12,19,22-23H2,1-7H3/b15-10+,16-11+,21-20+,24-13+,25-14+,26-17+,27-18+. The van der Waals surface area contributed by atoms with Gasteiger partial charge in [0, 0.05) is 0 Å². The van der Waals surface area contributed by atoms with Crippen LogP contribution in [0.25, 0.3) is 0 Å². The summed E-state index contributed by atoms with van der Waals surface area (Å²) in [6, 6.07) is 0.